The number of para-hydroxylation sites is 1. The van der Waals surface area contributed by atoms with Crippen molar-refractivity contribution >= 4 is 21.6 Å². The Labute approximate surface area is 162 Å². The van der Waals surface area contributed by atoms with Crippen molar-refractivity contribution in [3.8, 4) is 6.07 Å². The van der Waals surface area contributed by atoms with E-state index in [1.54, 1.807) is 36.4 Å². The number of hydrogen-bond donors (Lipinski definition) is 1. The minimum Gasteiger partial charge on any atom is -0.468 e. The predicted molar refractivity (Wildman–Crippen MR) is 103 cm³/mol. The highest BCUT2D eigenvalue weighted by Gasteiger charge is 2.27. The molecule has 0 fully saturated rings. The second-order valence-corrected chi connectivity index (χ2v) is 7.84. The van der Waals surface area contributed by atoms with Crippen LogP contribution in [-0.2, 0) is 21.4 Å². The number of furan rings is 1. The molecule has 0 saturated heterocycles. The van der Waals surface area contributed by atoms with Gasteiger partial charge in [0.15, 0.2) is 0 Å². The Kier molecular flexibility index (Phi) is 5.89. The molecule has 0 unspecified atom stereocenters. The molecular formula is C20H17N3O4S. The number of nitriles is 1. The summed E-state index contributed by atoms with van der Waals surface area (Å²) < 4.78 is 32.4. The van der Waals surface area contributed by atoms with Gasteiger partial charge >= 0.3 is 0 Å². The molecule has 3 rings (SSSR count). The number of rotatable bonds is 7. The average molecular weight is 395 g/mol. The van der Waals surface area contributed by atoms with Crippen LogP contribution in [0, 0.1) is 11.3 Å². The van der Waals surface area contributed by atoms with E-state index in [4.69, 9.17) is 9.68 Å². The van der Waals surface area contributed by atoms with Crippen LogP contribution in [0.2, 0.25) is 0 Å². The third-order valence-electron chi connectivity index (χ3n) is 3.91. The Morgan fingerprint density at radius 1 is 1.04 bits per heavy atom. The molecular weight excluding hydrogens is 378 g/mol. The van der Waals surface area contributed by atoms with Gasteiger partial charge < -0.3 is 9.73 Å². The van der Waals surface area contributed by atoms with E-state index in [9.17, 15) is 13.2 Å². The van der Waals surface area contributed by atoms with Gasteiger partial charge in [0.2, 0.25) is 15.9 Å². The maximum Gasteiger partial charge on any atom is 0.243 e. The molecule has 7 nitrogen and oxygen atoms in total. The molecule has 28 heavy (non-hydrogen) atoms. The first kappa shape index (κ1) is 19.4. The second kappa shape index (κ2) is 8.52. The maximum atomic E-state index is 13.1. The third kappa shape index (κ3) is 4.65. The van der Waals surface area contributed by atoms with E-state index in [1.165, 1.54) is 30.5 Å². The molecule has 0 aliphatic heterocycles. The van der Waals surface area contributed by atoms with E-state index in [1.807, 2.05) is 12.1 Å². The van der Waals surface area contributed by atoms with Gasteiger partial charge in [-0.2, -0.15) is 9.57 Å². The molecule has 0 aliphatic carbocycles. The van der Waals surface area contributed by atoms with E-state index in [-0.39, 0.29) is 11.4 Å². The molecule has 1 heterocycles. The van der Waals surface area contributed by atoms with Crippen molar-refractivity contribution in [2.24, 2.45) is 0 Å². The third-order valence-corrected chi connectivity index (χ3v) is 5.72. The van der Waals surface area contributed by atoms with Gasteiger partial charge in [-0.05, 0) is 48.5 Å². The first-order valence-electron chi connectivity index (χ1n) is 8.36. The summed E-state index contributed by atoms with van der Waals surface area (Å²) in [5.74, 6) is -0.0697. The first-order valence-corrected chi connectivity index (χ1v) is 9.80. The van der Waals surface area contributed by atoms with Gasteiger partial charge in [0.1, 0.15) is 5.76 Å². The van der Waals surface area contributed by atoms with Crippen molar-refractivity contribution in [3.05, 3.63) is 84.3 Å². The van der Waals surface area contributed by atoms with Crippen LogP contribution in [0.5, 0.6) is 0 Å². The van der Waals surface area contributed by atoms with Crippen molar-refractivity contribution in [3.63, 3.8) is 0 Å². The topological polar surface area (TPSA) is 103 Å². The van der Waals surface area contributed by atoms with Crippen LogP contribution in [0.15, 0.2) is 82.3 Å². The summed E-state index contributed by atoms with van der Waals surface area (Å²) in [5.41, 5.74) is 0.916. The van der Waals surface area contributed by atoms with E-state index in [0.717, 1.165) is 4.31 Å². The number of sulfonamides is 1. The highest BCUT2D eigenvalue weighted by Crippen LogP contribution is 2.19. The molecule has 8 heteroatoms. The molecule has 142 valence electrons. The standard InChI is InChI=1S/C20H17N3O4S/c21-13-16-8-10-19(11-9-16)28(25,26)23(14-18-7-4-12-27-18)15-20(24)22-17-5-2-1-3-6-17/h1-12H,14-15H2,(H,22,24). The number of hydrogen-bond acceptors (Lipinski definition) is 5. The van der Waals surface area contributed by atoms with Crippen LogP contribution in [0.4, 0.5) is 5.69 Å². The van der Waals surface area contributed by atoms with Crippen molar-refractivity contribution < 1.29 is 17.6 Å². The number of anilines is 1. The molecule has 0 radical (unpaired) electrons. The highest BCUT2D eigenvalue weighted by atomic mass is 32.2. The molecule has 0 spiro atoms. The van der Waals surface area contributed by atoms with Gasteiger partial charge in [0.25, 0.3) is 0 Å². The van der Waals surface area contributed by atoms with E-state index in [0.29, 0.717) is 17.0 Å². The summed E-state index contributed by atoms with van der Waals surface area (Å²) in [6, 6.07) is 19.5. The van der Waals surface area contributed by atoms with Crippen molar-refractivity contribution in [1.29, 1.82) is 5.26 Å². The molecule has 0 bridgehead atoms. The van der Waals surface area contributed by atoms with Crippen LogP contribution >= 0.6 is 0 Å². The molecule has 0 aliphatic rings. The highest BCUT2D eigenvalue weighted by molar-refractivity contribution is 7.89. The van der Waals surface area contributed by atoms with E-state index < -0.39 is 22.5 Å². The first-order chi connectivity index (χ1) is 13.5. The van der Waals surface area contributed by atoms with Crippen molar-refractivity contribution in [2.45, 2.75) is 11.4 Å². The van der Waals surface area contributed by atoms with Crippen LogP contribution in [0.1, 0.15) is 11.3 Å². The normalized spacial score (nSPS) is 11.1. The van der Waals surface area contributed by atoms with Gasteiger partial charge in [-0.25, -0.2) is 8.42 Å². The minimum atomic E-state index is -3.99. The molecule has 1 amide bonds. The number of amides is 1. The largest absolute Gasteiger partial charge is 0.468 e. The predicted octanol–water partition coefficient (Wildman–Crippen LogP) is 2.98. The fraction of sp³-hybridized carbons (Fsp3) is 0.100. The van der Waals surface area contributed by atoms with Crippen LogP contribution < -0.4 is 5.32 Å². The SMILES string of the molecule is N#Cc1ccc(S(=O)(=O)N(CC(=O)Nc2ccccc2)Cc2ccco2)cc1. The second-order valence-electron chi connectivity index (χ2n) is 5.90. The zero-order chi connectivity index (χ0) is 20.0. The Balaban J connectivity index is 1.85. The quantitative estimate of drug-likeness (QED) is 0.662. The molecule has 0 saturated carbocycles. The lowest BCUT2D eigenvalue weighted by molar-refractivity contribution is -0.116. The van der Waals surface area contributed by atoms with Gasteiger partial charge in [-0.3, -0.25) is 4.79 Å². The zero-order valence-corrected chi connectivity index (χ0v) is 15.6. The molecule has 1 aromatic heterocycles. The summed E-state index contributed by atoms with van der Waals surface area (Å²) in [4.78, 5) is 12.4. The summed E-state index contributed by atoms with van der Waals surface area (Å²) >= 11 is 0. The summed E-state index contributed by atoms with van der Waals surface area (Å²) in [6.07, 6.45) is 1.44. The Bertz CT molecular complexity index is 1070. The molecule has 3 aromatic rings. The average Bonchev–Trinajstić information content (AvgIpc) is 3.21. The fourth-order valence-electron chi connectivity index (χ4n) is 2.53. The minimum absolute atomic E-state index is 0.00873. The molecule has 1 N–H and O–H groups in total. The lowest BCUT2D eigenvalue weighted by Gasteiger charge is -2.21. The number of nitrogens with zero attached hydrogens (tertiary/aromatic N) is 2. The van der Waals surface area contributed by atoms with Gasteiger partial charge in [0, 0.05) is 5.69 Å². The number of carbonyl (C=O) groups excluding carboxylic acids is 1. The van der Waals surface area contributed by atoms with E-state index in [2.05, 4.69) is 5.32 Å². The Morgan fingerprint density at radius 3 is 2.36 bits per heavy atom. The van der Waals surface area contributed by atoms with Gasteiger partial charge in [0.05, 0.1) is 35.9 Å². The summed E-state index contributed by atoms with van der Waals surface area (Å²) in [7, 11) is -3.99. The van der Waals surface area contributed by atoms with Crippen LogP contribution in [0.25, 0.3) is 0 Å². The van der Waals surface area contributed by atoms with E-state index >= 15 is 0 Å². The zero-order valence-electron chi connectivity index (χ0n) is 14.8. The van der Waals surface area contributed by atoms with Crippen molar-refractivity contribution in [2.75, 3.05) is 11.9 Å². The van der Waals surface area contributed by atoms with Gasteiger partial charge in [-0.15, -0.1) is 0 Å². The number of carbonyl (C=O) groups is 1. The summed E-state index contributed by atoms with van der Waals surface area (Å²) in [5, 5.41) is 11.6. The van der Waals surface area contributed by atoms with Crippen molar-refractivity contribution in [1.82, 2.24) is 4.31 Å². The molecule has 2 aromatic carbocycles. The Hall–Kier alpha value is -3.41. The fourth-order valence-corrected chi connectivity index (χ4v) is 3.90. The van der Waals surface area contributed by atoms with Crippen LogP contribution in [-0.4, -0.2) is 25.2 Å². The van der Waals surface area contributed by atoms with Crippen LogP contribution in [0.3, 0.4) is 0 Å². The number of benzene rings is 2. The maximum absolute atomic E-state index is 13.1. The molecule has 0 atom stereocenters. The lowest BCUT2D eigenvalue weighted by Crippen LogP contribution is -2.37. The lowest BCUT2D eigenvalue weighted by atomic mass is 10.2. The smallest absolute Gasteiger partial charge is 0.243 e. The number of nitrogens with one attached hydrogen (secondary N) is 1. The summed E-state index contributed by atoms with van der Waals surface area (Å²) in [6.45, 7) is -0.491. The monoisotopic (exact) mass is 395 g/mol. The van der Waals surface area contributed by atoms with Gasteiger partial charge in [-0.1, -0.05) is 18.2 Å². The Morgan fingerprint density at radius 2 is 1.75 bits per heavy atom.